The molecule has 0 saturated heterocycles. The lowest BCUT2D eigenvalue weighted by Crippen LogP contribution is -1.93. The van der Waals surface area contributed by atoms with Gasteiger partial charge in [-0.15, -0.1) is 0 Å². The Morgan fingerprint density at radius 3 is 1.27 bits per heavy atom. The van der Waals surface area contributed by atoms with E-state index in [9.17, 15) is 0 Å². The molecule has 0 aliphatic rings. The molecule has 7 N–H and O–H groups in total. The summed E-state index contributed by atoms with van der Waals surface area (Å²) in [6.45, 7) is 0. The van der Waals surface area contributed by atoms with Gasteiger partial charge in [-0.3, -0.25) is 0 Å². The highest BCUT2D eigenvalue weighted by Crippen LogP contribution is 2.29. The summed E-state index contributed by atoms with van der Waals surface area (Å²) in [5, 5.41) is 0. The molecule has 3 nitrogen and oxygen atoms in total. The number of hydrogen-bond donors (Lipinski definition) is 3. The van der Waals surface area contributed by atoms with E-state index >= 15 is 0 Å². The van der Waals surface area contributed by atoms with Crippen molar-refractivity contribution < 1.29 is 0 Å². The summed E-state index contributed by atoms with van der Waals surface area (Å²) in [4.78, 5) is 0. The molecular formula is C12H15N3. The molecule has 78 valence electrons. The second-order valence-corrected chi connectivity index (χ2v) is 3.17. The quantitative estimate of drug-likeness (QED) is 0.620. The lowest BCUT2D eigenvalue weighted by molar-refractivity contribution is 1.60. The number of para-hydroxylation sites is 2. The average molecular weight is 201 g/mol. The predicted octanol–water partition coefficient (Wildman–Crippen LogP) is 2.68. The van der Waals surface area contributed by atoms with Crippen molar-refractivity contribution in [3.63, 3.8) is 0 Å². The molecule has 0 amide bonds. The first-order valence-electron chi connectivity index (χ1n) is 4.48. The van der Waals surface area contributed by atoms with Gasteiger partial charge in [0.25, 0.3) is 0 Å². The van der Waals surface area contributed by atoms with Crippen LogP contribution in [-0.2, 0) is 0 Å². The van der Waals surface area contributed by atoms with Crippen molar-refractivity contribution in [2.75, 3.05) is 11.5 Å². The van der Waals surface area contributed by atoms with Gasteiger partial charge in [0.1, 0.15) is 0 Å². The molecule has 0 fully saturated rings. The highest BCUT2D eigenvalue weighted by molar-refractivity contribution is 5.83. The molecule has 2 rings (SSSR count). The molecule has 0 atom stereocenters. The van der Waals surface area contributed by atoms with Crippen LogP contribution in [0.5, 0.6) is 0 Å². The molecule has 3 heteroatoms. The van der Waals surface area contributed by atoms with E-state index in [0.717, 1.165) is 22.5 Å². The average Bonchev–Trinajstić information content (AvgIpc) is 2.20. The van der Waals surface area contributed by atoms with Crippen LogP contribution in [0.4, 0.5) is 11.4 Å². The van der Waals surface area contributed by atoms with Crippen molar-refractivity contribution in [2.45, 2.75) is 0 Å². The van der Waals surface area contributed by atoms with Gasteiger partial charge in [0.15, 0.2) is 0 Å². The third-order valence-electron chi connectivity index (χ3n) is 2.21. The molecule has 0 radical (unpaired) electrons. The van der Waals surface area contributed by atoms with Crippen LogP contribution in [-0.4, -0.2) is 0 Å². The summed E-state index contributed by atoms with van der Waals surface area (Å²) in [5.74, 6) is 0. The molecule has 0 saturated carbocycles. The Labute approximate surface area is 89.3 Å². The summed E-state index contributed by atoms with van der Waals surface area (Å²) in [6.07, 6.45) is 0. The molecule has 0 unspecified atom stereocenters. The van der Waals surface area contributed by atoms with Crippen molar-refractivity contribution >= 4 is 11.4 Å². The number of hydrogen-bond acceptors (Lipinski definition) is 3. The normalized spacial score (nSPS) is 9.33. The first-order valence-corrected chi connectivity index (χ1v) is 4.48. The summed E-state index contributed by atoms with van der Waals surface area (Å²) in [7, 11) is 0. The molecule has 0 aromatic heterocycles. The van der Waals surface area contributed by atoms with Gasteiger partial charge in [-0.2, -0.15) is 0 Å². The molecule has 0 aliphatic heterocycles. The third kappa shape index (κ3) is 2.08. The van der Waals surface area contributed by atoms with Gasteiger partial charge in [-0.25, -0.2) is 0 Å². The highest BCUT2D eigenvalue weighted by Gasteiger charge is 2.03. The van der Waals surface area contributed by atoms with Crippen molar-refractivity contribution in [2.24, 2.45) is 0 Å². The summed E-state index contributed by atoms with van der Waals surface area (Å²) >= 11 is 0. The fourth-order valence-electron chi connectivity index (χ4n) is 1.48. The largest absolute Gasteiger partial charge is 0.398 e. The number of nitrogens with two attached hydrogens (primary N) is 2. The van der Waals surface area contributed by atoms with Crippen molar-refractivity contribution in [3.8, 4) is 11.1 Å². The minimum Gasteiger partial charge on any atom is -0.398 e. The zero-order valence-corrected chi connectivity index (χ0v) is 8.48. The summed E-state index contributed by atoms with van der Waals surface area (Å²) < 4.78 is 0. The minimum absolute atomic E-state index is 0. The lowest BCUT2D eigenvalue weighted by Gasteiger charge is -2.07. The van der Waals surface area contributed by atoms with E-state index in [2.05, 4.69) is 0 Å². The third-order valence-corrected chi connectivity index (χ3v) is 2.21. The van der Waals surface area contributed by atoms with Crippen LogP contribution < -0.4 is 17.6 Å². The Balaban J connectivity index is 0.00000112. The van der Waals surface area contributed by atoms with E-state index in [1.54, 1.807) is 0 Å². The number of anilines is 2. The van der Waals surface area contributed by atoms with E-state index in [0.29, 0.717) is 0 Å². The monoisotopic (exact) mass is 201 g/mol. The van der Waals surface area contributed by atoms with Crippen LogP contribution in [0.25, 0.3) is 11.1 Å². The maximum Gasteiger partial charge on any atom is 0.0394 e. The van der Waals surface area contributed by atoms with Crippen LogP contribution in [0.1, 0.15) is 0 Å². The maximum absolute atomic E-state index is 5.87. The van der Waals surface area contributed by atoms with Crippen LogP contribution in [0.15, 0.2) is 48.5 Å². The topological polar surface area (TPSA) is 87.0 Å². The first kappa shape index (κ1) is 11.1. The van der Waals surface area contributed by atoms with Gasteiger partial charge in [-0.1, -0.05) is 36.4 Å². The highest BCUT2D eigenvalue weighted by atomic mass is 14.6. The van der Waals surface area contributed by atoms with Crippen molar-refractivity contribution in [3.05, 3.63) is 48.5 Å². The van der Waals surface area contributed by atoms with Gasteiger partial charge in [-0.05, 0) is 12.1 Å². The minimum atomic E-state index is 0. The zero-order valence-electron chi connectivity index (χ0n) is 8.48. The fourth-order valence-corrected chi connectivity index (χ4v) is 1.48. The van der Waals surface area contributed by atoms with Crippen LogP contribution in [0, 0.1) is 0 Å². The molecular weight excluding hydrogens is 186 g/mol. The van der Waals surface area contributed by atoms with Gasteiger partial charge in [0.2, 0.25) is 0 Å². The predicted molar refractivity (Wildman–Crippen MR) is 65.7 cm³/mol. The van der Waals surface area contributed by atoms with E-state index < -0.39 is 0 Å². The molecule has 2 aromatic rings. The molecule has 0 heterocycles. The second-order valence-electron chi connectivity index (χ2n) is 3.17. The van der Waals surface area contributed by atoms with Crippen LogP contribution in [0.2, 0.25) is 0 Å². The fraction of sp³-hybridized carbons (Fsp3) is 0. The molecule has 2 aromatic carbocycles. The zero-order chi connectivity index (χ0) is 9.97. The number of benzene rings is 2. The maximum atomic E-state index is 5.87. The van der Waals surface area contributed by atoms with E-state index in [-0.39, 0.29) is 6.15 Å². The van der Waals surface area contributed by atoms with E-state index in [1.165, 1.54) is 0 Å². The molecule has 0 aliphatic carbocycles. The molecule has 15 heavy (non-hydrogen) atoms. The summed E-state index contributed by atoms with van der Waals surface area (Å²) in [5.41, 5.74) is 15.2. The Morgan fingerprint density at radius 1 is 0.600 bits per heavy atom. The Bertz CT molecular complexity index is 409. The SMILES string of the molecule is N.Nc1ccccc1-c1ccccc1N. The Morgan fingerprint density at radius 2 is 0.933 bits per heavy atom. The van der Waals surface area contributed by atoms with Crippen LogP contribution in [0.3, 0.4) is 0 Å². The van der Waals surface area contributed by atoms with Crippen molar-refractivity contribution in [1.82, 2.24) is 6.15 Å². The van der Waals surface area contributed by atoms with Gasteiger partial charge < -0.3 is 17.6 Å². The number of nitrogen functional groups attached to an aromatic ring is 2. The second kappa shape index (κ2) is 4.48. The molecule has 0 spiro atoms. The molecule has 0 bridgehead atoms. The summed E-state index contributed by atoms with van der Waals surface area (Å²) in [6, 6.07) is 15.4. The Hall–Kier alpha value is -2.00. The standard InChI is InChI=1S/C12H12N2.H3N/c13-11-7-3-1-5-9(11)10-6-2-4-8-12(10)14;/h1-8H,13-14H2;1H3. The van der Waals surface area contributed by atoms with Crippen molar-refractivity contribution in [1.29, 1.82) is 0 Å². The smallest absolute Gasteiger partial charge is 0.0394 e. The lowest BCUT2D eigenvalue weighted by atomic mass is 10.0. The van der Waals surface area contributed by atoms with E-state index in [4.69, 9.17) is 11.5 Å². The van der Waals surface area contributed by atoms with Gasteiger partial charge in [0.05, 0.1) is 0 Å². The van der Waals surface area contributed by atoms with Crippen LogP contribution >= 0.6 is 0 Å². The number of rotatable bonds is 1. The van der Waals surface area contributed by atoms with Gasteiger partial charge >= 0.3 is 0 Å². The Kier molecular flexibility index (Phi) is 3.31. The van der Waals surface area contributed by atoms with E-state index in [1.807, 2.05) is 48.5 Å². The van der Waals surface area contributed by atoms with Gasteiger partial charge in [0, 0.05) is 22.5 Å². The first-order chi connectivity index (χ1) is 6.79.